The molecule has 1 heterocycles. The molecule has 2 rings (SSSR count). The minimum Gasteiger partial charge on any atom is -0.383 e. The number of ether oxygens (including phenoxy) is 1. The number of methoxy groups -OCH3 is 1. The van der Waals surface area contributed by atoms with Crippen LogP contribution in [0.25, 0.3) is 10.2 Å². The van der Waals surface area contributed by atoms with Crippen molar-refractivity contribution < 1.29 is 4.74 Å². The van der Waals surface area contributed by atoms with Crippen LogP contribution in [0.5, 0.6) is 0 Å². The molecule has 0 radical (unpaired) electrons. The number of hydrogen-bond acceptors (Lipinski definition) is 4. The molecule has 0 aliphatic heterocycles. The van der Waals surface area contributed by atoms with Crippen molar-refractivity contribution in [3.05, 3.63) is 23.8 Å². The predicted octanol–water partition coefficient (Wildman–Crippen LogP) is 3.65. The first kappa shape index (κ1) is 13.3. The van der Waals surface area contributed by atoms with Gasteiger partial charge in [0.05, 0.1) is 16.8 Å². The first-order valence-corrected chi connectivity index (χ1v) is 6.96. The van der Waals surface area contributed by atoms with Crippen LogP contribution in [-0.4, -0.2) is 25.2 Å². The second kappa shape index (κ2) is 5.24. The molecule has 4 heteroatoms. The number of benzene rings is 1. The predicted molar refractivity (Wildman–Crippen MR) is 78.7 cm³/mol. The third kappa shape index (κ3) is 3.00. The van der Waals surface area contributed by atoms with Gasteiger partial charge in [-0.05, 0) is 23.1 Å². The zero-order valence-corrected chi connectivity index (χ0v) is 12.2. The second-order valence-corrected chi connectivity index (χ2v) is 6.40. The lowest BCUT2D eigenvalue weighted by molar-refractivity contribution is 0.211. The van der Waals surface area contributed by atoms with Crippen LogP contribution in [0.1, 0.15) is 26.3 Å². The summed E-state index contributed by atoms with van der Waals surface area (Å²) in [5, 5.41) is 4.24. The quantitative estimate of drug-likeness (QED) is 0.856. The van der Waals surface area contributed by atoms with Crippen LogP contribution in [0, 0.1) is 0 Å². The van der Waals surface area contributed by atoms with Gasteiger partial charge in [-0.25, -0.2) is 4.98 Å². The van der Waals surface area contributed by atoms with Gasteiger partial charge < -0.3 is 10.1 Å². The van der Waals surface area contributed by atoms with Crippen molar-refractivity contribution in [3.63, 3.8) is 0 Å². The molecular formula is C14H20N2OS. The van der Waals surface area contributed by atoms with Crippen molar-refractivity contribution in [1.29, 1.82) is 0 Å². The van der Waals surface area contributed by atoms with Gasteiger partial charge in [-0.2, -0.15) is 0 Å². The van der Waals surface area contributed by atoms with Crippen LogP contribution in [-0.2, 0) is 10.2 Å². The van der Waals surface area contributed by atoms with Gasteiger partial charge in [0.15, 0.2) is 5.13 Å². The lowest BCUT2D eigenvalue weighted by Gasteiger charge is -2.18. The minimum absolute atomic E-state index is 0.182. The molecule has 0 saturated heterocycles. The zero-order chi connectivity index (χ0) is 13.2. The largest absolute Gasteiger partial charge is 0.383 e. The minimum atomic E-state index is 0.182. The van der Waals surface area contributed by atoms with Gasteiger partial charge >= 0.3 is 0 Å². The third-order valence-corrected chi connectivity index (χ3v) is 3.81. The summed E-state index contributed by atoms with van der Waals surface area (Å²) in [6.45, 7) is 8.18. The Morgan fingerprint density at radius 1 is 1.33 bits per heavy atom. The molecule has 18 heavy (non-hydrogen) atoms. The summed E-state index contributed by atoms with van der Waals surface area (Å²) in [6.07, 6.45) is 0. The van der Waals surface area contributed by atoms with E-state index in [9.17, 15) is 0 Å². The second-order valence-electron chi connectivity index (χ2n) is 5.37. The Morgan fingerprint density at radius 2 is 2.11 bits per heavy atom. The van der Waals surface area contributed by atoms with Crippen LogP contribution in [0.4, 0.5) is 5.13 Å². The SMILES string of the molecule is COCCNc1nc2ccc(C(C)(C)C)cc2s1. The number of aromatic nitrogens is 1. The van der Waals surface area contributed by atoms with E-state index in [0.717, 1.165) is 17.2 Å². The summed E-state index contributed by atoms with van der Waals surface area (Å²) >= 11 is 1.70. The fraction of sp³-hybridized carbons (Fsp3) is 0.500. The number of nitrogens with zero attached hydrogens (tertiary/aromatic N) is 1. The molecular weight excluding hydrogens is 244 g/mol. The van der Waals surface area contributed by atoms with Crippen molar-refractivity contribution in [3.8, 4) is 0 Å². The Kier molecular flexibility index (Phi) is 3.88. The summed E-state index contributed by atoms with van der Waals surface area (Å²) in [5.74, 6) is 0. The van der Waals surface area contributed by atoms with Gasteiger partial charge in [-0.15, -0.1) is 0 Å². The highest BCUT2D eigenvalue weighted by Crippen LogP contribution is 2.30. The molecule has 0 amide bonds. The number of thiazole rings is 1. The van der Waals surface area contributed by atoms with Crippen LogP contribution in [0.2, 0.25) is 0 Å². The van der Waals surface area contributed by atoms with Gasteiger partial charge in [0.1, 0.15) is 0 Å². The molecule has 0 unspecified atom stereocenters. The normalized spacial score (nSPS) is 12.0. The summed E-state index contributed by atoms with van der Waals surface area (Å²) in [4.78, 5) is 4.56. The maximum absolute atomic E-state index is 5.02. The standard InChI is InChI=1S/C14H20N2OS/c1-14(2,3)10-5-6-11-12(9-10)18-13(16-11)15-7-8-17-4/h5-6,9H,7-8H2,1-4H3,(H,15,16). The summed E-state index contributed by atoms with van der Waals surface area (Å²) in [5.41, 5.74) is 2.59. The molecule has 0 bridgehead atoms. The molecule has 0 saturated carbocycles. The molecule has 0 spiro atoms. The number of fused-ring (bicyclic) bond motifs is 1. The number of anilines is 1. The fourth-order valence-corrected chi connectivity index (χ4v) is 2.66. The van der Waals surface area contributed by atoms with Gasteiger partial charge in [0, 0.05) is 13.7 Å². The van der Waals surface area contributed by atoms with E-state index in [0.29, 0.717) is 6.61 Å². The molecule has 1 aromatic heterocycles. The number of rotatable bonds is 4. The molecule has 0 atom stereocenters. The lowest BCUT2D eigenvalue weighted by Crippen LogP contribution is -2.10. The van der Waals surface area contributed by atoms with Crippen molar-refractivity contribution in [2.75, 3.05) is 25.6 Å². The Balaban J connectivity index is 2.23. The maximum atomic E-state index is 5.02. The first-order valence-electron chi connectivity index (χ1n) is 6.14. The first-order chi connectivity index (χ1) is 8.50. The highest BCUT2D eigenvalue weighted by atomic mass is 32.1. The van der Waals surface area contributed by atoms with E-state index in [1.165, 1.54) is 10.3 Å². The maximum Gasteiger partial charge on any atom is 0.183 e. The highest BCUT2D eigenvalue weighted by molar-refractivity contribution is 7.22. The Hall–Kier alpha value is -1.13. The Labute approximate surface area is 112 Å². The van der Waals surface area contributed by atoms with Gasteiger partial charge in [0.25, 0.3) is 0 Å². The smallest absolute Gasteiger partial charge is 0.183 e. The van der Waals surface area contributed by atoms with Crippen molar-refractivity contribution in [2.24, 2.45) is 0 Å². The molecule has 98 valence electrons. The van der Waals surface area contributed by atoms with Gasteiger partial charge in [-0.3, -0.25) is 0 Å². The van der Waals surface area contributed by atoms with Crippen molar-refractivity contribution >= 4 is 26.7 Å². The van der Waals surface area contributed by atoms with Crippen LogP contribution in [0.3, 0.4) is 0 Å². The molecule has 0 aliphatic rings. The van der Waals surface area contributed by atoms with E-state index >= 15 is 0 Å². The van der Waals surface area contributed by atoms with Crippen LogP contribution in [0.15, 0.2) is 18.2 Å². The zero-order valence-electron chi connectivity index (χ0n) is 11.4. The van der Waals surface area contributed by atoms with E-state index in [4.69, 9.17) is 4.74 Å². The topological polar surface area (TPSA) is 34.1 Å². The Bertz CT molecular complexity index is 528. The van der Waals surface area contributed by atoms with E-state index in [-0.39, 0.29) is 5.41 Å². The number of hydrogen-bond donors (Lipinski definition) is 1. The van der Waals surface area contributed by atoms with Crippen molar-refractivity contribution in [1.82, 2.24) is 4.98 Å². The van der Waals surface area contributed by atoms with Gasteiger partial charge in [-0.1, -0.05) is 38.2 Å². The highest BCUT2D eigenvalue weighted by Gasteiger charge is 2.14. The van der Waals surface area contributed by atoms with E-state index < -0.39 is 0 Å². The molecule has 3 nitrogen and oxygen atoms in total. The van der Waals surface area contributed by atoms with E-state index in [1.807, 2.05) is 0 Å². The van der Waals surface area contributed by atoms with Gasteiger partial charge in [0.2, 0.25) is 0 Å². The molecule has 1 N–H and O–H groups in total. The Morgan fingerprint density at radius 3 is 2.78 bits per heavy atom. The van der Waals surface area contributed by atoms with E-state index in [2.05, 4.69) is 49.3 Å². The summed E-state index contributed by atoms with van der Waals surface area (Å²) in [7, 11) is 1.70. The van der Waals surface area contributed by atoms with E-state index in [1.54, 1.807) is 18.4 Å². The average molecular weight is 264 g/mol. The summed E-state index contributed by atoms with van der Waals surface area (Å²) < 4.78 is 6.25. The average Bonchev–Trinajstić information content (AvgIpc) is 2.69. The molecule has 0 aliphatic carbocycles. The molecule has 0 fully saturated rings. The fourth-order valence-electron chi connectivity index (χ4n) is 1.73. The third-order valence-electron chi connectivity index (χ3n) is 2.84. The molecule has 2 aromatic rings. The van der Waals surface area contributed by atoms with Crippen LogP contribution < -0.4 is 5.32 Å². The molecule has 1 aromatic carbocycles. The monoisotopic (exact) mass is 264 g/mol. The summed E-state index contributed by atoms with van der Waals surface area (Å²) in [6, 6.07) is 6.52. The lowest BCUT2D eigenvalue weighted by atomic mass is 9.87. The van der Waals surface area contributed by atoms with Crippen molar-refractivity contribution in [2.45, 2.75) is 26.2 Å². The number of nitrogens with one attached hydrogen (secondary N) is 1. The van der Waals surface area contributed by atoms with Crippen LogP contribution >= 0.6 is 11.3 Å².